The molecule has 2 aromatic heterocycles. The van der Waals surface area contributed by atoms with Crippen LogP contribution in [0.3, 0.4) is 0 Å². The summed E-state index contributed by atoms with van der Waals surface area (Å²) in [6.07, 6.45) is 1.62. The summed E-state index contributed by atoms with van der Waals surface area (Å²) in [4.78, 5) is 31.1. The molecular formula is C27H20ClN3O2. The van der Waals surface area contributed by atoms with Gasteiger partial charge in [-0.3, -0.25) is 19.1 Å². The van der Waals surface area contributed by atoms with Crippen LogP contribution in [0.25, 0.3) is 27.4 Å². The van der Waals surface area contributed by atoms with Crippen molar-refractivity contribution in [3.63, 3.8) is 0 Å². The number of halogens is 1. The van der Waals surface area contributed by atoms with Gasteiger partial charge in [0.05, 0.1) is 27.5 Å². The van der Waals surface area contributed by atoms with Crippen molar-refractivity contribution in [2.45, 2.75) is 13.0 Å². The summed E-state index contributed by atoms with van der Waals surface area (Å²) in [5.74, 6) is -0.237. The van der Waals surface area contributed by atoms with Crippen LogP contribution in [0.5, 0.6) is 0 Å². The highest BCUT2D eigenvalue weighted by atomic mass is 35.5. The summed E-state index contributed by atoms with van der Waals surface area (Å²) < 4.78 is 1.61. The fourth-order valence-corrected chi connectivity index (χ4v) is 4.41. The third kappa shape index (κ3) is 3.77. The number of carbonyl (C=O) groups excluding carboxylic acids is 1. The molecule has 5 aromatic rings. The van der Waals surface area contributed by atoms with E-state index in [4.69, 9.17) is 11.6 Å². The molecule has 1 atom stereocenters. The highest BCUT2D eigenvalue weighted by Gasteiger charge is 2.20. The Labute approximate surface area is 195 Å². The number of amides is 1. The highest BCUT2D eigenvalue weighted by Crippen LogP contribution is 2.26. The van der Waals surface area contributed by atoms with Gasteiger partial charge in [-0.05, 0) is 48.7 Å². The Morgan fingerprint density at radius 2 is 1.73 bits per heavy atom. The summed E-state index contributed by atoms with van der Waals surface area (Å²) in [6.45, 7) is 1.87. The number of para-hydroxylation sites is 2. The molecule has 162 valence electrons. The van der Waals surface area contributed by atoms with Crippen molar-refractivity contribution in [2.24, 2.45) is 0 Å². The average Bonchev–Trinajstić information content (AvgIpc) is 2.84. The Kier molecular flexibility index (Phi) is 5.40. The largest absolute Gasteiger partial charge is 0.344 e. The quantitative estimate of drug-likeness (QED) is 0.380. The molecule has 3 aromatic carbocycles. The molecule has 2 heterocycles. The van der Waals surface area contributed by atoms with Crippen molar-refractivity contribution in [2.75, 3.05) is 0 Å². The first-order chi connectivity index (χ1) is 16.0. The average molecular weight is 454 g/mol. The number of rotatable bonds is 4. The van der Waals surface area contributed by atoms with Gasteiger partial charge in [-0.15, -0.1) is 0 Å². The molecule has 1 N–H and O–H groups in total. The molecule has 6 heteroatoms. The number of hydrogen-bond donors (Lipinski definition) is 1. The number of carbonyl (C=O) groups is 1. The number of benzene rings is 3. The Balaban J connectivity index is 1.63. The lowest BCUT2D eigenvalue weighted by molar-refractivity contribution is 0.0940. The number of hydrogen-bond acceptors (Lipinski definition) is 3. The molecule has 0 bridgehead atoms. The lowest BCUT2D eigenvalue weighted by Crippen LogP contribution is -2.32. The second-order valence-electron chi connectivity index (χ2n) is 7.82. The van der Waals surface area contributed by atoms with E-state index in [0.29, 0.717) is 27.4 Å². The number of pyridine rings is 2. The topological polar surface area (TPSA) is 64.0 Å². The van der Waals surface area contributed by atoms with Gasteiger partial charge in [0, 0.05) is 23.0 Å². The van der Waals surface area contributed by atoms with E-state index < -0.39 is 6.04 Å². The van der Waals surface area contributed by atoms with E-state index in [2.05, 4.69) is 10.3 Å². The fraction of sp³-hybridized carbons (Fsp3) is 0.0741. The van der Waals surface area contributed by atoms with E-state index in [-0.39, 0.29) is 11.5 Å². The highest BCUT2D eigenvalue weighted by molar-refractivity contribution is 6.35. The van der Waals surface area contributed by atoms with Crippen LogP contribution in [0.1, 0.15) is 29.0 Å². The Bertz CT molecular complexity index is 1560. The SMILES string of the molecule is CC(NC(=O)c1ccnc2ccccc12)c1cc2cccc(Cl)c2c(=O)n1-c1ccccc1. The summed E-state index contributed by atoms with van der Waals surface area (Å²) >= 11 is 6.38. The van der Waals surface area contributed by atoms with Crippen LogP contribution >= 0.6 is 11.6 Å². The van der Waals surface area contributed by atoms with Gasteiger partial charge < -0.3 is 5.32 Å². The van der Waals surface area contributed by atoms with E-state index in [1.807, 2.05) is 79.7 Å². The second-order valence-corrected chi connectivity index (χ2v) is 8.23. The molecule has 0 saturated heterocycles. The molecular weight excluding hydrogens is 434 g/mol. The molecule has 1 amide bonds. The van der Waals surface area contributed by atoms with Crippen molar-refractivity contribution in [3.05, 3.63) is 118 Å². The summed E-state index contributed by atoms with van der Waals surface area (Å²) in [7, 11) is 0. The summed E-state index contributed by atoms with van der Waals surface area (Å²) in [5.41, 5.74) is 2.42. The zero-order valence-corrected chi connectivity index (χ0v) is 18.6. The van der Waals surface area contributed by atoms with Crippen LogP contribution < -0.4 is 10.9 Å². The Hall–Kier alpha value is -3.96. The lowest BCUT2D eigenvalue weighted by Gasteiger charge is -2.21. The van der Waals surface area contributed by atoms with Gasteiger partial charge >= 0.3 is 0 Å². The van der Waals surface area contributed by atoms with Crippen LogP contribution in [0.15, 0.2) is 95.9 Å². The number of fused-ring (bicyclic) bond motifs is 2. The van der Waals surface area contributed by atoms with Crippen molar-refractivity contribution in [3.8, 4) is 5.69 Å². The van der Waals surface area contributed by atoms with E-state index in [1.165, 1.54) is 0 Å². The summed E-state index contributed by atoms with van der Waals surface area (Å²) in [5, 5.41) is 5.41. The van der Waals surface area contributed by atoms with Gasteiger partial charge in [0.15, 0.2) is 0 Å². The van der Waals surface area contributed by atoms with Crippen LogP contribution in [-0.2, 0) is 0 Å². The third-order valence-corrected chi connectivity index (χ3v) is 6.04. The van der Waals surface area contributed by atoms with Crippen molar-refractivity contribution in [1.82, 2.24) is 14.9 Å². The van der Waals surface area contributed by atoms with Crippen LogP contribution in [0, 0.1) is 0 Å². The minimum absolute atomic E-state index is 0.227. The summed E-state index contributed by atoms with van der Waals surface area (Å²) in [6, 6.07) is 25.4. The van der Waals surface area contributed by atoms with E-state index in [9.17, 15) is 9.59 Å². The lowest BCUT2D eigenvalue weighted by atomic mass is 10.1. The minimum atomic E-state index is -0.458. The molecule has 0 radical (unpaired) electrons. The first kappa shape index (κ1) is 20.9. The smallest absolute Gasteiger partial charge is 0.264 e. The van der Waals surface area contributed by atoms with Gasteiger partial charge in [-0.1, -0.05) is 60.1 Å². The Morgan fingerprint density at radius 1 is 0.970 bits per heavy atom. The second kappa shape index (κ2) is 8.52. The van der Waals surface area contributed by atoms with E-state index >= 15 is 0 Å². The van der Waals surface area contributed by atoms with E-state index in [1.54, 1.807) is 22.9 Å². The molecule has 1 unspecified atom stereocenters. The van der Waals surface area contributed by atoms with Gasteiger partial charge in [0.2, 0.25) is 0 Å². The maximum Gasteiger partial charge on any atom is 0.264 e. The number of nitrogens with one attached hydrogen (secondary N) is 1. The molecule has 0 spiro atoms. The maximum absolute atomic E-state index is 13.6. The van der Waals surface area contributed by atoms with Gasteiger partial charge in [-0.2, -0.15) is 0 Å². The molecule has 0 aliphatic heterocycles. The molecule has 0 aliphatic rings. The van der Waals surface area contributed by atoms with Crippen molar-refractivity contribution in [1.29, 1.82) is 0 Å². The third-order valence-electron chi connectivity index (χ3n) is 5.72. The normalized spacial score (nSPS) is 12.1. The molecule has 5 nitrogen and oxygen atoms in total. The fourth-order valence-electron chi connectivity index (χ4n) is 4.14. The van der Waals surface area contributed by atoms with Gasteiger partial charge in [0.1, 0.15) is 0 Å². The monoisotopic (exact) mass is 453 g/mol. The number of nitrogens with zero attached hydrogens (tertiary/aromatic N) is 2. The molecule has 33 heavy (non-hydrogen) atoms. The van der Waals surface area contributed by atoms with Gasteiger partial charge in [0.25, 0.3) is 11.5 Å². The van der Waals surface area contributed by atoms with Crippen LogP contribution in [0.4, 0.5) is 0 Å². The van der Waals surface area contributed by atoms with Crippen molar-refractivity contribution < 1.29 is 4.79 Å². The van der Waals surface area contributed by atoms with Crippen molar-refractivity contribution >= 4 is 39.2 Å². The maximum atomic E-state index is 13.6. The predicted octanol–water partition coefficient (Wildman–Crippen LogP) is 5.68. The molecule has 5 rings (SSSR count). The minimum Gasteiger partial charge on any atom is -0.344 e. The first-order valence-electron chi connectivity index (χ1n) is 10.6. The van der Waals surface area contributed by atoms with E-state index in [0.717, 1.165) is 16.3 Å². The standard InChI is InChI=1S/C27H20ClN3O2/c1-17(30-26(32)21-14-15-29-23-13-6-5-11-20(21)23)24-16-18-8-7-12-22(28)25(18)27(33)31(24)19-9-3-2-4-10-19/h2-17H,1H3,(H,30,32). The van der Waals surface area contributed by atoms with Gasteiger partial charge in [-0.25, -0.2) is 0 Å². The zero-order valence-electron chi connectivity index (χ0n) is 17.8. The predicted molar refractivity (Wildman–Crippen MR) is 132 cm³/mol. The first-order valence-corrected chi connectivity index (χ1v) is 11.0. The number of aromatic nitrogens is 2. The van der Waals surface area contributed by atoms with Crippen LogP contribution in [0.2, 0.25) is 5.02 Å². The Morgan fingerprint density at radius 3 is 2.55 bits per heavy atom. The molecule has 0 saturated carbocycles. The van der Waals surface area contributed by atoms with Crippen LogP contribution in [-0.4, -0.2) is 15.5 Å². The molecule has 0 aliphatic carbocycles. The zero-order chi connectivity index (χ0) is 22.9. The molecule has 0 fully saturated rings.